The number of nitro groups is 1. The molecule has 102 valence electrons. The average Bonchev–Trinajstić information content (AvgIpc) is 2.30. The van der Waals surface area contributed by atoms with Crippen LogP contribution in [0.1, 0.15) is 31.7 Å². The summed E-state index contributed by atoms with van der Waals surface area (Å²) in [6.07, 6.45) is 0.325. The molecule has 7 nitrogen and oxygen atoms in total. The number of anilines is 1. The van der Waals surface area contributed by atoms with Gasteiger partial charge in [-0.25, -0.2) is 0 Å². The molecule has 1 aromatic rings. The normalized spacial score (nSPS) is 11.7. The van der Waals surface area contributed by atoms with Gasteiger partial charge < -0.3 is 10.4 Å². The number of nitrogens with one attached hydrogen (secondary N) is 1. The first-order valence-corrected chi connectivity index (χ1v) is 5.65. The van der Waals surface area contributed by atoms with E-state index in [9.17, 15) is 19.7 Å². The van der Waals surface area contributed by atoms with E-state index in [2.05, 4.69) is 5.32 Å². The van der Waals surface area contributed by atoms with Gasteiger partial charge in [-0.15, -0.1) is 0 Å². The van der Waals surface area contributed by atoms with Gasteiger partial charge in [0, 0.05) is 13.0 Å². The fourth-order valence-electron chi connectivity index (χ4n) is 1.76. The lowest BCUT2D eigenvalue weighted by Crippen LogP contribution is -2.12. The number of benzene rings is 1. The van der Waals surface area contributed by atoms with Crippen molar-refractivity contribution < 1.29 is 19.6 Å². The van der Waals surface area contributed by atoms with Crippen LogP contribution in [0.4, 0.5) is 11.4 Å². The molecule has 1 aromatic carbocycles. The molecule has 0 radical (unpaired) electrons. The van der Waals surface area contributed by atoms with Crippen molar-refractivity contribution in [3.05, 3.63) is 33.9 Å². The largest absolute Gasteiger partial charge is 0.481 e. The summed E-state index contributed by atoms with van der Waals surface area (Å²) in [5, 5.41) is 22.3. The molecule has 0 bridgehead atoms. The summed E-state index contributed by atoms with van der Waals surface area (Å²) < 4.78 is 0. The van der Waals surface area contributed by atoms with Crippen LogP contribution in [0.25, 0.3) is 0 Å². The van der Waals surface area contributed by atoms with Crippen LogP contribution in [0.2, 0.25) is 0 Å². The van der Waals surface area contributed by atoms with Crippen molar-refractivity contribution in [3.63, 3.8) is 0 Å². The Labute approximate surface area is 109 Å². The number of amides is 1. The van der Waals surface area contributed by atoms with Crippen LogP contribution in [-0.4, -0.2) is 21.9 Å². The maximum atomic E-state index is 11.0. The van der Waals surface area contributed by atoms with Crippen molar-refractivity contribution >= 4 is 23.3 Å². The first-order valence-electron chi connectivity index (χ1n) is 5.65. The number of hydrogen-bond acceptors (Lipinski definition) is 4. The van der Waals surface area contributed by atoms with Crippen molar-refractivity contribution in [2.45, 2.75) is 26.2 Å². The van der Waals surface area contributed by atoms with Gasteiger partial charge in [-0.3, -0.25) is 19.7 Å². The number of carboxylic acid groups (broad SMARTS) is 1. The lowest BCUT2D eigenvalue weighted by atomic mass is 9.96. The number of carboxylic acids is 1. The highest BCUT2D eigenvalue weighted by Crippen LogP contribution is 2.30. The number of hydrogen-bond donors (Lipinski definition) is 2. The molecule has 0 aliphatic carbocycles. The van der Waals surface area contributed by atoms with Gasteiger partial charge in [0.1, 0.15) is 5.69 Å². The fraction of sp³-hybridized carbons (Fsp3) is 0.333. The van der Waals surface area contributed by atoms with Crippen molar-refractivity contribution in [1.82, 2.24) is 0 Å². The van der Waals surface area contributed by atoms with Crippen LogP contribution in [0.15, 0.2) is 18.2 Å². The van der Waals surface area contributed by atoms with Crippen molar-refractivity contribution in [3.8, 4) is 0 Å². The number of rotatable bonds is 5. The molecule has 0 aromatic heterocycles. The van der Waals surface area contributed by atoms with E-state index < -0.39 is 22.7 Å². The fourth-order valence-corrected chi connectivity index (χ4v) is 1.76. The molecule has 7 heteroatoms. The number of aliphatic carboxylic acids is 1. The van der Waals surface area contributed by atoms with Crippen LogP contribution in [0.5, 0.6) is 0 Å². The minimum absolute atomic E-state index is 0.0569. The van der Waals surface area contributed by atoms with Crippen molar-refractivity contribution in [1.29, 1.82) is 0 Å². The Morgan fingerprint density at radius 3 is 2.53 bits per heavy atom. The highest BCUT2D eigenvalue weighted by molar-refractivity contribution is 5.91. The van der Waals surface area contributed by atoms with Gasteiger partial charge in [0.25, 0.3) is 5.69 Å². The second-order valence-corrected chi connectivity index (χ2v) is 4.01. The predicted molar refractivity (Wildman–Crippen MR) is 68.1 cm³/mol. The topological polar surface area (TPSA) is 110 Å². The van der Waals surface area contributed by atoms with Gasteiger partial charge in [0.05, 0.1) is 10.8 Å². The van der Waals surface area contributed by atoms with Crippen LogP contribution in [-0.2, 0) is 9.59 Å². The zero-order valence-corrected chi connectivity index (χ0v) is 10.5. The van der Waals surface area contributed by atoms with Crippen LogP contribution in [0.3, 0.4) is 0 Å². The van der Waals surface area contributed by atoms with Crippen LogP contribution < -0.4 is 5.32 Å². The lowest BCUT2D eigenvalue weighted by Gasteiger charge is -2.11. The van der Waals surface area contributed by atoms with E-state index in [1.165, 1.54) is 25.1 Å². The molecule has 19 heavy (non-hydrogen) atoms. The second kappa shape index (κ2) is 5.94. The van der Waals surface area contributed by atoms with Crippen molar-refractivity contribution in [2.24, 2.45) is 0 Å². The summed E-state index contributed by atoms with van der Waals surface area (Å²) in [5.41, 5.74) is 0.0877. The second-order valence-electron chi connectivity index (χ2n) is 4.01. The lowest BCUT2D eigenvalue weighted by molar-refractivity contribution is -0.384. The zero-order chi connectivity index (χ0) is 14.6. The number of carbonyl (C=O) groups is 2. The third kappa shape index (κ3) is 3.51. The molecule has 0 heterocycles. The highest BCUT2D eigenvalue weighted by Gasteiger charge is 2.22. The Hall–Kier alpha value is -2.44. The van der Waals surface area contributed by atoms with E-state index in [4.69, 9.17) is 5.11 Å². The van der Waals surface area contributed by atoms with E-state index in [0.717, 1.165) is 0 Å². The van der Waals surface area contributed by atoms with Gasteiger partial charge in [0.2, 0.25) is 5.91 Å². The molecular weight excluding hydrogens is 252 g/mol. The molecule has 0 saturated heterocycles. The zero-order valence-electron chi connectivity index (χ0n) is 10.5. The smallest absolute Gasteiger partial charge is 0.310 e. The molecule has 1 unspecified atom stereocenters. The number of nitro benzene ring substituents is 1. The number of carbonyl (C=O) groups excluding carboxylic acids is 1. The molecule has 0 saturated carbocycles. The molecule has 0 aliphatic heterocycles. The monoisotopic (exact) mass is 266 g/mol. The maximum Gasteiger partial charge on any atom is 0.310 e. The minimum atomic E-state index is -1.04. The summed E-state index contributed by atoms with van der Waals surface area (Å²) in [6.45, 7) is 2.93. The first-order chi connectivity index (χ1) is 8.86. The number of nitrogens with zero attached hydrogens (tertiary/aromatic N) is 1. The average molecular weight is 266 g/mol. The molecule has 0 spiro atoms. The van der Waals surface area contributed by atoms with Gasteiger partial charge in [0.15, 0.2) is 0 Å². The summed E-state index contributed by atoms with van der Waals surface area (Å²) in [6, 6.07) is 4.01. The standard InChI is InChI=1S/C12H14N2O5/c1-3-9(12(16)17)8-4-5-10(13-7(2)15)11(6-8)14(18)19/h4-6,9H,3H2,1-2H3,(H,13,15)(H,16,17). The Morgan fingerprint density at radius 1 is 1.47 bits per heavy atom. The van der Waals surface area contributed by atoms with E-state index in [1.54, 1.807) is 6.92 Å². The quantitative estimate of drug-likeness (QED) is 0.626. The van der Waals surface area contributed by atoms with E-state index in [0.29, 0.717) is 12.0 Å². The first kappa shape index (κ1) is 14.6. The highest BCUT2D eigenvalue weighted by atomic mass is 16.6. The summed E-state index contributed by atoms with van der Waals surface area (Å²) >= 11 is 0. The van der Waals surface area contributed by atoms with Gasteiger partial charge in [-0.2, -0.15) is 0 Å². The summed E-state index contributed by atoms with van der Waals surface area (Å²) in [5.74, 6) is -2.27. The third-order valence-electron chi connectivity index (χ3n) is 2.64. The SMILES string of the molecule is CCC(C(=O)O)c1ccc(NC(C)=O)c([N+](=O)[O-])c1. The Morgan fingerprint density at radius 2 is 2.11 bits per heavy atom. The Balaban J connectivity index is 3.26. The molecule has 1 amide bonds. The molecule has 0 aliphatic rings. The summed E-state index contributed by atoms with van der Waals surface area (Å²) in [7, 11) is 0. The molecule has 0 fully saturated rings. The van der Waals surface area contributed by atoms with Gasteiger partial charge in [-0.05, 0) is 18.1 Å². The molecule has 2 N–H and O–H groups in total. The van der Waals surface area contributed by atoms with Crippen LogP contribution in [0, 0.1) is 10.1 Å². The van der Waals surface area contributed by atoms with Crippen LogP contribution >= 0.6 is 0 Å². The maximum absolute atomic E-state index is 11.0. The molecular formula is C12H14N2O5. The predicted octanol–water partition coefficient (Wildman–Crippen LogP) is 2.13. The Bertz CT molecular complexity index is 527. The van der Waals surface area contributed by atoms with E-state index >= 15 is 0 Å². The van der Waals surface area contributed by atoms with Gasteiger partial charge >= 0.3 is 5.97 Å². The third-order valence-corrected chi connectivity index (χ3v) is 2.64. The Kier molecular flexibility index (Phi) is 4.57. The van der Waals surface area contributed by atoms with E-state index in [1.807, 2.05) is 0 Å². The molecule has 1 rings (SSSR count). The minimum Gasteiger partial charge on any atom is -0.481 e. The summed E-state index contributed by atoms with van der Waals surface area (Å²) in [4.78, 5) is 32.3. The van der Waals surface area contributed by atoms with Crippen molar-refractivity contribution in [2.75, 3.05) is 5.32 Å². The van der Waals surface area contributed by atoms with Gasteiger partial charge in [-0.1, -0.05) is 13.0 Å². The molecule has 1 atom stereocenters. The van der Waals surface area contributed by atoms with E-state index in [-0.39, 0.29) is 11.4 Å².